The molecule has 0 bridgehead atoms. The topological polar surface area (TPSA) is 59.3 Å². The van der Waals surface area contributed by atoms with E-state index in [9.17, 15) is 4.79 Å². The zero-order valence-corrected chi connectivity index (χ0v) is 13.9. The fourth-order valence-electron chi connectivity index (χ4n) is 2.79. The Morgan fingerprint density at radius 2 is 1.77 bits per heavy atom. The number of hydrazone groups is 1. The number of carbonyl (C=O) groups excluding carboxylic acids is 1. The molecule has 4 rings (SSSR count). The molecule has 2 aromatic heterocycles. The minimum atomic E-state index is -0.271. The second kappa shape index (κ2) is 7.03. The van der Waals surface area contributed by atoms with Crippen molar-refractivity contribution >= 4 is 22.9 Å². The zero-order chi connectivity index (χ0) is 17.8. The third-order valence-corrected chi connectivity index (χ3v) is 4.10. The van der Waals surface area contributed by atoms with Crippen LogP contribution < -0.4 is 5.43 Å². The highest BCUT2D eigenvalue weighted by molar-refractivity contribution is 5.94. The number of amides is 1. The van der Waals surface area contributed by atoms with Crippen LogP contribution in [-0.4, -0.2) is 21.7 Å². The van der Waals surface area contributed by atoms with E-state index < -0.39 is 0 Å². The Morgan fingerprint density at radius 3 is 2.62 bits per heavy atom. The van der Waals surface area contributed by atoms with Gasteiger partial charge in [-0.05, 0) is 47.2 Å². The average Bonchev–Trinajstić information content (AvgIpc) is 3.17. The Labute approximate surface area is 150 Å². The van der Waals surface area contributed by atoms with Gasteiger partial charge in [0, 0.05) is 29.8 Å². The van der Waals surface area contributed by atoms with E-state index in [0.29, 0.717) is 5.56 Å². The van der Waals surface area contributed by atoms with E-state index in [0.717, 1.165) is 11.4 Å². The molecule has 2 aromatic carbocycles. The molecular weight excluding hydrogens is 324 g/mol. The molecule has 0 fully saturated rings. The predicted octanol–water partition coefficient (Wildman–Crippen LogP) is 3.79. The molecule has 0 radical (unpaired) electrons. The number of aromatic nitrogens is 2. The van der Waals surface area contributed by atoms with Crippen molar-refractivity contribution < 1.29 is 4.79 Å². The van der Waals surface area contributed by atoms with Crippen molar-refractivity contribution in [1.82, 2.24) is 15.0 Å². The molecular formula is C21H16N4O. The summed E-state index contributed by atoms with van der Waals surface area (Å²) >= 11 is 0. The Hall–Kier alpha value is -3.73. The second-order valence-corrected chi connectivity index (χ2v) is 5.77. The molecule has 0 saturated carbocycles. The summed E-state index contributed by atoms with van der Waals surface area (Å²) < 4.78 is 2.02. The summed E-state index contributed by atoms with van der Waals surface area (Å²) in [5, 5.41) is 6.44. The van der Waals surface area contributed by atoms with Crippen LogP contribution in [-0.2, 0) is 0 Å². The third kappa shape index (κ3) is 3.23. The molecule has 0 spiro atoms. The van der Waals surface area contributed by atoms with Crippen molar-refractivity contribution in [3.63, 3.8) is 0 Å². The maximum Gasteiger partial charge on any atom is 0.271 e. The van der Waals surface area contributed by atoms with Gasteiger partial charge in [0.15, 0.2) is 0 Å². The van der Waals surface area contributed by atoms with Gasteiger partial charge >= 0.3 is 0 Å². The van der Waals surface area contributed by atoms with Crippen LogP contribution >= 0.6 is 0 Å². The molecule has 0 saturated heterocycles. The normalized spacial score (nSPS) is 11.1. The van der Waals surface area contributed by atoms with Crippen LogP contribution in [0.2, 0.25) is 0 Å². The van der Waals surface area contributed by atoms with Gasteiger partial charge in [0.05, 0.1) is 11.9 Å². The SMILES string of the molecule is O=C(N/N=C/c1cccn1-c1ccc2ccccc2c1)c1ccncc1. The lowest BCUT2D eigenvalue weighted by atomic mass is 10.1. The van der Waals surface area contributed by atoms with Crippen LogP contribution in [0.4, 0.5) is 0 Å². The minimum Gasteiger partial charge on any atom is -0.316 e. The van der Waals surface area contributed by atoms with Crippen LogP contribution in [0.15, 0.2) is 90.4 Å². The Morgan fingerprint density at radius 1 is 0.962 bits per heavy atom. The maximum absolute atomic E-state index is 12.0. The van der Waals surface area contributed by atoms with Crippen molar-refractivity contribution in [3.05, 3.63) is 96.6 Å². The second-order valence-electron chi connectivity index (χ2n) is 5.77. The van der Waals surface area contributed by atoms with Crippen LogP contribution in [0.3, 0.4) is 0 Å². The van der Waals surface area contributed by atoms with Crippen LogP contribution in [0.5, 0.6) is 0 Å². The van der Waals surface area contributed by atoms with Gasteiger partial charge in [-0.3, -0.25) is 9.78 Å². The quantitative estimate of drug-likeness (QED) is 0.454. The molecule has 5 nitrogen and oxygen atoms in total. The lowest BCUT2D eigenvalue weighted by Crippen LogP contribution is -2.17. The molecule has 2 heterocycles. The Balaban J connectivity index is 1.55. The van der Waals surface area contributed by atoms with Crippen LogP contribution in [0.1, 0.15) is 16.1 Å². The summed E-state index contributed by atoms with van der Waals surface area (Å²) in [5.74, 6) is -0.271. The van der Waals surface area contributed by atoms with Crippen LogP contribution in [0.25, 0.3) is 16.5 Å². The molecule has 0 aliphatic carbocycles. The smallest absolute Gasteiger partial charge is 0.271 e. The highest BCUT2D eigenvalue weighted by Crippen LogP contribution is 2.19. The first-order chi connectivity index (χ1) is 12.8. The number of nitrogens with zero attached hydrogens (tertiary/aromatic N) is 3. The standard InChI is InChI=1S/C21H16N4O/c26-21(17-9-11-22-12-10-17)24-23-15-20-6-3-13-25(20)19-8-7-16-4-1-2-5-18(16)14-19/h1-15H,(H,24,26)/b23-15+. The van der Waals surface area contributed by atoms with Gasteiger partial charge in [0.1, 0.15) is 0 Å². The molecule has 1 amide bonds. The summed E-state index contributed by atoms with van der Waals surface area (Å²) in [6, 6.07) is 21.7. The van der Waals surface area contributed by atoms with E-state index in [1.165, 1.54) is 10.8 Å². The van der Waals surface area contributed by atoms with Gasteiger partial charge in [0.2, 0.25) is 0 Å². The molecule has 0 aliphatic heterocycles. The number of carbonyl (C=O) groups is 1. The highest BCUT2D eigenvalue weighted by Gasteiger charge is 2.04. The molecule has 0 aliphatic rings. The largest absolute Gasteiger partial charge is 0.316 e. The first-order valence-electron chi connectivity index (χ1n) is 8.21. The summed E-state index contributed by atoms with van der Waals surface area (Å²) in [4.78, 5) is 15.9. The molecule has 126 valence electrons. The predicted molar refractivity (Wildman–Crippen MR) is 103 cm³/mol. The summed E-state index contributed by atoms with van der Waals surface area (Å²) in [7, 11) is 0. The first kappa shape index (κ1) is 15.8. The van der Waals surface area contributed by atoms with Gasteiger partial charge in [-0.1, -0.05) is 30.3 Å². The highest BCUT2D eigenvalue weighted by atomic mass is 16.2. The van der Waals surface area contributed by atoms with Crippen molar-refractivity contribution in [2.45, 2.75) is 0 Å². The minimum absolute atomic E-state index is 0.271. The lowest BCUT2D eigenvalue weighted by molar-refractivity contribution is 0.0955. The molecule has 26 heavy (non-hydrogen) atoms. The van der Waals surface area contributed by atoms with Gasteiger partial charge in [-0.2, -0.15) is 5.10 Å². The van der Waals surface area contributed by atoms with Crippen LogP contribution in [0, 0.1) is 0 Å². The number of fused-ring (bicyclic) bond motifs is 1. The first-order valence-corrected chi connectivity index (χ1v) is 8.21. The molecule has 4 aromatic rings. The van der Waals surface area contributed by atoms with E-state index in [1.54, 1.807) is 30.7 Å². The van der Waals surface area contributed by atoms with E-state index in [1.807, 2.05) is 35.0 Å². The summed E-state index contributed by atoms with van der Waals surface area (Å²) in [6.07, 6.45) is 6.75. The molecule has 0 unspecified atom stereocenters. The van der Waals surface area contributed by atoms with Crippen molar-refractivity contribution in [2.75, 3.05) is 0 Å². The Bertz CT molecular complexity index is 1080. The van der Waals surface area contributed by atoms with Gasteiger partial charge in [-0.15, -0.1) is 0 Å². The molecule has 0 atom stereocenters. The third-order valence-electron chi connectivity index (χ3n) is 4.10. The molecule has 5 heteroatoms. The van der Waals surface area contributed by atoms with E-state index >= 15 is 0 Å². The number of rotatable bonds is 4. The fraction of sp³-hybridized carbons (Fsp3) is 0. The number of benzene rings is 2. The molecule has 1 N–H and O–H groups in total. The van der Waals surface area contributed by atoms with Gasteiger partial charge < -0.3 is 4.57 Å². The van der Waals surface area contributed by atoms with Gasteiger partial charge in [0.25, 0.3) is 5.91 Å². The summed E-state index contributed by atoms with van der Waals surface area (Å²) in [5.41, 5.74) is 4.96. The number of nitrogens with one attached hydrogen (secondary N) is 1. The Kier molecular flexibility index (Phi) is 4.26. The van der Waals surface area contributed by atoms with Crippen molar-refractivity contribution in [2.24, 2.45) is 5.10 Å². The van der Waals surface area contributed by atoms with E-state index in [-0.39, 0.29) is 5.91 Å². The number of hydrogen-bond donors (Lipinski definition) is 1. The summed E-state index contributed by atoms with van der Waals surface area (Å²) in [6.45, 7) is 0. The maximum atomic E-state index is 12.0. The number of hydrogen-bond acceptors (Lipinski definition) is 3. The van der Waals surface area contributed by atoms with E-state index in [4.69, 9.17) is 0 Å². The zero-order valence-electron chi connectivity index (χ0n) is 13.9. The average molecular weight is 340 g/mol. The number of pyridine rings is 1. The fourth-order valence-corrected chi connectivity index (χ4v) is 2.79. The van der Waals surface area contributed by atoms with Crippen molar-refractivity contribution in [3.8, 4) is 5.69 Å². The van der Waals surface area contributed by atoms with Gasteiger partial charge in [-0.25, -0.2) is 5.43 Å². The van der Waals surface area contributed by atoms with E-state index in [2.05, 4.69) is 45.8 Å². The monoisotopic (exact) mass is 340 g/mol. The lowest BCUT2D eigenvalue weighted by Gasteiger charge is -2.08. The van der Waals surface area contributed by atoms with Crippen molar-refractivity contribution in [1.29, 1.82) is 0 Å².